The van der Waals surface area contributed by atoms with E-state index >= 15 is 4.39 Å². The zero-order valence-electron chi connectivity index (χ0n) is 29.1. The number of carbonyl (C=O) groups excluding carboxylic acids is 4. The Morgan fingerprint density at radius 1 is 0.827 bits per heavy atom. The number of benzene rings is 4. The number of rotatable bonds is 7. The number of anilines is 1. The lowest BCUT2D eigenvalue weighted by atomic mass is 9.69. The molecule has 52 heavy (non-hydrogen) atoms. The fourth-order valence-electron chi connectivity index (χ4n) is 8.82. The van der Waals surface area contributed by atoms with Crippen molar-refractivity contribution >= 4 is 29.3 Å². The number of nitrogens with zero attached hydrogens (tertiary/aromatic N) is 3. The molecule has 1 aliphatic carbocycles. The lowest BCUT2D eigenvalue weighted by Crippen LogP contribution is -2.54. The number of amides is 4. The maximum Gasteiger partial charge on any atom is 0.265 e. The molecule has 0 radical (unpaired) electrons. The molecule has 2 saturated heterocycles. The molecule has 9 nitrogen and oxygen atoms in total. The predicted octanol–water partition coefficient (Wildman–Crippen LogP) is 5.90. The summed E-state index contributed by atoms with van der Waals surface area (Å²) >= 11 is 0. The summed E-state index contributed by atoms with van der Waals surface area (Å²) in [6, 6.07) is 27.5. The van der Waals surface area contributed by atoms with Crippen molar-refractivity contribution in [1.29, 1.82) is 0 Å². The molecule has 3 aliphatic heterocycles. The number of phenolic OH excluding ortho intramolecular Hbond substituents is 1. The first-order valence-corrected chi connectivity index (χ1v) is 18.1. The Labute approximate surface area is 302 Å². The van der Waals surface area contributed by atoms with Crippen LogP contribution in [0.4, 0.5) is 10.1 Å². The van der Waals surface area contributed by atoms with Crippen LogP contribution in [0.5, 0.6) is 5.75 Å². The Hall–Kier alpha value is -5.35. The molecule has 0 aromatic heterocycles. The van der Waals surface area contributed by atoms with E-state index in [0.29, 0.717) is 17.2 Å². The minimum absolute atomic E-state index is 0.00386. The van der Waals surface area contributed by atoms with Crippen LogP contribution in [0.15, 0.2) is 84.9 Å². The molecule has 0 bridgehead atoms. The molecule has 3 heterocycles. The van der Waals surface area contributed by atoms with Gasteiger partial charge in [-0.25, -0.2) is 4.39 Å². The van der Waals surface area contributed by atoms with E-state index in [-0.39, 0.29) is 42.5 Å². The second-order valence-corrected chi connectivity index (χ2v) is 14.5. The van der Waals surface area contributed by atoms with Crippen LogP contribution in [0.3, 0.4) is 0 Å². The van der Waals surface area contributed by atoms with Gasteiger partial charge in [-0.3, -0.25) is 34.3 Å². The molecule has 3 atom stereocenters. The van der Waals surface area contributed by atoms with E-state index in [2.05, 4.69) is 75.8 Å². The highest BCUT2D eigenvalue weighted by atomic mass is 19.1. The highest BCUT2D eigenvalue weighted by Gasteiger charge is 2.46. The zero-order valence-corrected chi connectivity index (χ0v) is 29.1. The average molecular weight is 701 g/mol. The molecule has 1 unspecified atom stereocenters. The van der Waals surface area contributed by atoms with Gasteiger partial charge in [0.05, 0.1) is 11.1 Å². The number of aryl methyl sites for hydroxylation is 1. The number of carbonyl (C=O) groups is 4. The van der Waals surface area contributed by atoms with Crippen molar-refractivity contribution in [2.75, 3.05) is 25.0 Å². The normalized spacial score (nSPS) is 22.1. The number of halogens is 1. The van der Waals surface area contributed by atoms with Crippen LogP contribution in [0, 0.1) is 5.82 Å². The molecular weight excluding hydrogens is 659 g/mol. The van der Waals surface area contributed by atoms with E-state index in [0.717, 1.165) is 49.4 Å². The van der Waals surface area contributed by atoms with Crippen LogP contribution in [-0.2, 0) is 22.6 Å². The average Bonchev–Trinajstić information content (AvgIpc) is 3.41. The lowest BCUT2D eigenvalue weighted by Gasteiger charge is -2.38. The first-order valence-electron chi connectivity index (χ1n) is 18.1. The molecule has 10 heteroatoms. The van der Waals surface area contributed by atoms with E-state index in [1.54, 1.807) is 12.1 Å². The van der Waals surface area contributed by atoms with E-state index in [1.165, 1.54) is 28.3 Å². The number of piperidine rings is 2. The fraction of sp³-hybridized carbons (Fsp3) is 0.333. The molecule has 0 spiro atoms. The molecule has 266 valence electrons. The third-order valence-electron chi connectivity index (χ3n) is 11.6. The van der Waals surface area contributed by atoms with Crippen LogP contribution >= 0.6 is 0 Å². The van der Waals surface area contributed by atoms with Crippen molar-refractivity contribution in [2.24, 2.45) is 0 Å². The molecule has 4 aliphatic rings. The number of aromatic hydroxyl groups is 1. The van der Waals surface area contributed by atoms with Gasteiger partial charge >= 0.3 is 0 Å². The Morgan fingerprint density at radius 2 is 1.58 bits per heavy atom. The van der Waals surface area contributed by atoms with Gasteiger partial charge in [0, 0.05) is 49.3 Å². The van der Waals surface area contributed by atoms with E-state index in [9.17, 15) is 24.3 Å². The van der Waals surface area contributed by atoms with Crippen molar-refractivity contribution in [3.8, 4) is 5.75 Å². The smallest absolute Gasteiger partial charge is 0.265 e. The van der Waals surface area contributed by atoms with Crippen molar-refractivity contribution in [2.45, 2.75) is 69.0 Å². The molecule has 4 amide bonds. The van der Waals surface area contributed by atoms with E-state index in [4.69, 9.17) is 0 Å². The van der Waals surface area contributed by atoms with Gasteiger partial charge in [0.15, 0.2) is 0 Å². The number of phenols is 1. The van der Waals surface area contributed by atoms with Crippen molar-refractivity contribution in [1.82, 2.24) is 15.1 Å². The second kappa shape index (κ2) is 13.7. The second-order valence-electron chi connectivity index (χ2n) is 14.5. The van der Waals surface area contributed by atoms with Gasteiger partial charge in [-0.15, -0.1) is 0 Å². The number of imide groups is 2. The summed E-state index contributed by atoms with van der Waals surface area (Å²) < 4.78 is 15.9. The Kier molecular flexibility index (Phi) is 8.87. The van der Waals surface area contributed by atoms with Gasteiger partial charge in [-0.05, 0) is 97.7 Å². The monoisotopic (exact) mass is 700 g/mol. The summed E-state index contributed by atoms with van der Waals surface area (Å²) in [7, 11) is 1.95. The third-order valence-corrected chi connectivity index (χ3v) is 11.6. The summed E-state index contributed by atoms with van der Waals surface area (Å²) in [5.41, 5.74) is 6.20. The predicted molar refractivity (Wildman–Crippen MR) is 194 cm³/mol. The van der Waals surface area contributed by atoms with Gasteiger partial charge in [0.1, 0.15) is 17.6 Å². The summed E-state index contributed by atoms with van der Waals surface area (Å²) in [5.74, 6) is -2.62. The molecule has 4 aromatic carbocycles. The zero-order chi connectivity index (χ0) is 36.1. The van der Waals surface area contributed by atoms with Gasteiger partial charge < -0.3 is 10.0 Å². The maximum absolute atomic E-state index is 15.9. The fourth-order valence-corrected chi connectivity index (χ4v) is 8.82. The Morgan fingerprint density at radius 3 is 2.31 bits per heavy atom. The Bertz CT molecular complexity index is 2060. The first kappa shape index (κ1) is 33.8. The van der Waals surface area contributed by atoms with Gasteiger partial charge in [-0.2, -0.15) is 0 Å². The quantitative estimate of drug-likeness (QED) is 0.231. The highest BCUT2D eigenvalue weighted by molar-refractivity contribution is 6.23. The number of nitrogens with one attached hydrogen (secondary N) is 1. The molecular formula is C42H41FN4O5. The topological polar surface area (TPSA) is 110 Å². The molecule has 8 rings (SSSR count). The van der Waals surface area contributed by atoms with Crippen molar-refractivity contribution in [3.05, 3.63) is 130 Å². The lowest BCUT2D eigenvalue weighted by molar-refractivity contribution is -0.136. The van der Waals surface area contributed by atoms with Crippen LogP contribution in [-0.4, -0.2) is 70.8 Å². The van der Waals surface area contributed by atoms with Crippen LogP contribution in [0.2, 0.25) is 0 Å². The number of hydrogen-bond acceptors (Lipinski definition) is 7. The molecule has 0 saturated carbocycles. The van der Waals surface area contributed by atoms with Gasteiger partial charge in [0.25, 0.3) is 11.8 Å². The van der Waals surface area contributed by atoms with Crippen molar-refractivity contribution < 1.29 is 28.7 Å². The van der Waals surface area contributed by atoms with E-state index in [1.807, 2.05) is 13.1 Å². The highest BCUT2D eigenvalue weighted by Crippen LogP contribution is 2.47. The van der Waals surface area contributed by atoms with Gasteiger partial charge in [0.2, 0.25) is 11.8 Å². The first-order chi connectivity index (χ1) is 25.2. The number of fused-ring (bicyclic) bond motifs is 2. The third kappa shape index (κ3) is 6.04. The summed E-state index contributed by atoms with van der Waals surface area (Å²) in [6.45, 7) is 1.95. The summed E-state index contributed by atoms with van der Waals surface area (Å²) in [5, 5.41) is 12.4. The number of hydrogen-bond donors (Lipinski definition) is 2. The maximum atomic E-state index is 15.9. The molecule has 2 N–H and O–H groups in total. The molecule has 2 fully saturated rings. The standard InChI is InChI=1S/C42H41FN4O5/c1-45(24-28-10-15-34-38(39(28)43)42(52)47(41(34)51)35-17-18-36(49)44-40(35)50)29-19-21-46(22-20-29)30-11-7-26(8-12-30)37-32(25-5-3-2-4-6-25)14-9-27-23-31(48)13-16-33(27)37/h2-8,10-13,15-16,23,29,32,35,37,48H,9,14,17-22,24H2,1H3,(H,44,49,50)/t32-,35?,37+/m1/s1. The van der Waals surface area contributed by atoms with Gasteiger partial charge in [-0.1, -0.05) is 54.6 Å². The minimum Gasteiger partial charge on any atom is -0.508 e. The summed E-state index contributed by atoms with van der Waals surface area (Å²) in [6.07, 6.45) is 3.72. The van der Waals surface area contributed by atoms with Crippen LogP contribution in [0.25, 0.3) is 0 Å². The minimum atomic E-state index is -1.14. The van der Waals surface area contributed by atoms with E-state index < -0.39 is 35.5 Å². The van der Waals surface area contributed by atoms with Crippen LogP contribution < -0.4 is 10.2 Å². The van der Waals surface area contributed by atoms with Crippen molar-refractivity contribution in [3.63, 3.8) is 0 Å². The van der Waals surface area contributed by atoms with Crippen LogP contribution in [0.1, 0.15) is 92.5 Å². The summed E-state index contributed by atoms with van der Waals surface area (Å²) in [4.78, 5) is 55.7. The SMILES string of the molecule is CN(Cc1ccc2c(c1F)C(=O)N(C1CCC(=O)NC1=O)C2=O)C1CCN(c2ccc([C@@H]3c4ccc(O)cc4CC[C@@H]3c3ccccc3)cc2)CC1. The largest absolute Gasteiger partial charge is 0.508 e. The molecule has 4 aromatic rings. The Balaban J connectivity index is 0.929.